The van der Waals surface area contributed by atoms with Gasteiger partial charge in [0.1, 0.15) is 11.5 Å². The number of benzene rings is 2. The average Bonchev–Trinajstić information content (AvgIpc) is 3.16. The van der Waals surface area contributed by atoms with E-state index in [1.165, 1.54) is 4.63 Å². The number of hydrogen-bond acceptors (Lipinski definition) is 7. The fourth-order valence-electron chi connectivity index (χ4n) is 2.65. The highest BCUT2D eigenvalue weighted by Crippen LogP contribution is 2.34. The number of ether oxygens (including phenoxy) is 2. The van der Waals surface area contributed by atoms with Crippen molar-refractivity contribution in [1.29, 1.82) is 0 Å². The normalized spacial score (nSPS) is 10.7. The topological polar surface area (TPSA) is 86.5 Å². The summed E-state index contributed by atoms with van der Waals surface area (Å²) >= 11 is 0. The van der Waals surface area contributed by atoms with Gasteiger partial charge in [0, 0.05) is 11.3 Å². The number of nitrogens with one attached hydrogen (secondary N) is 1. The molecular weight excluding hydrogens is 332 g/mol. The summed E-state index contributed by atoms with van der Waals surface area (Å²) in [4.78, 5) is 0. The lowest BCUT2D eigenvalue weighted by molar-refractivity contribution is 0.414. The van der Waals surface area contributed by atoms with Crippen LogP contribution in [0.5, 0.6) is 11.5 Å². The Kier molecular flexibility index (Phi) is 4.06. The van der Waals surface area contributed by atoms with E-state index in [2.05, 4.69) is 25.9 Å². The Bertz CT molecular complexity index is 1050. The van der Waals surface area contributed by atoms with Gasteiger partial charge in [-0.15, -0.1) is 14.8 Å². The molecular formula is C18H16N6O2. The van der Waals surface area contributed by atoms with Crippen LogP contribution in [0.25, 0.3) is 16.8 Å². The van der Waals surface area contributed by atoms with Crippen molar-refractivity contribution in [2.45, 2.75) is 0 Å². The van der Waals surface area contributed by atoms with Crippen LogP contribution in [0.15, 0.2) is 54.6 Å². The van der Waals surface area contributed by atoms with E-state index in [1.807, 2.05) is 48.5 Å². The number of aromatic nitrogens is 5. The van der Waals surface area contributed by atoms with Crippen molar-refractivity contribution in [3.05, 3.63) is 54.6 Å². The zero-order valence-corrected chi connectivity index (χ0v) is 14.2. The summed E-state index contributed by atoms with van der Waals surface area (Å²) in [6.45, 7) is 0. The minimum Gasteiger partial charge on any atom is -0.497 e. The van der Waals surface area contributed by atoms with Crippen molar-refractivity contribution >= 4 is 17.2 Å². The molecule has 0 radical (unpaired) electrons. The van der Waals surface area contributed by atoms with E-state index in [0.29, 0.717) is 11.5 Å². The van der Waals surface area contributed by atoms with Crippen molar-refractivity contribution in [3.8, 4) is 22.6 Å². The molecule has 0 aliphatic carbocycles. The van der Waals surface area contributed by atoms with Gasteiger partial charge in [-0.2, -0.15) is 0 Å². The van der Waals surface area contributed by atoms with Crippen LogP contribution in [0.1, 0.15) is 0 Å². The molecule has 0 bridgehead atoms. The molecule has 2 aromatic heterocycles. The zero-order chi connectivity index (χ0) is 17.9. The standard InChI is InChI=1S/C18H16N6O2/c1-25-14-6-3-12(4-7-14)15-11-13(5-8-16(15)26-2)19-17-9-10-18-20-22-23-24(18)21-17/h3-11H,1-2H3,(H,19,21). The van der Waals surface area contributed by atoms with E-state index in [-0.39, 0.29) is 0 Å². The smallest absolute Gasteiger partial charge is 0.200 e. The number of tetrazole rings is 1. The van der Waals surface area contributed by atoms with Gasteiger partial charge in [0.15, 0.2) is 11.5 Å². The van der Waals surface area contributed by atoms with Gasteiger partial charge in [-0.3, -0.25) is 0 Å². The number of methoxy groups -OCH3 is 2. The number of fused-ring (bicyclic) bond motifs is 1. The summed E-state index contributed by atoms with van der Waals surface area (Å²) in [5, 5.41) is 18.8. The quantitative estimate of drug-likeness (QED) is 0.593. The molecule has 4 rings (SSSR count). The first-order chi connectivity index (χ1) is 12.8. The van der Waals surface area contributed by atoms with Crippen LogP contribution in [0.4, 0.5) is 11.5 Å². The van der Waals surface area contributed by atoms with Crippen LogP contribution >= 0.6 is 0 Å². The second-order valence-corrected chi connectivity index (χ2v) is 5.51. The molecule has 8 heteroatoms. The van der Waals surface area contributed by atoms with E-state index < -0.39 is 0 Å². The summed E-state index contributed by atoms with van der Waals surface area (Å²) < 4.78 is 12.1. The Labute approximate surface area is 149 Å². The lowest BCUT2D eigenvalue weighted by Gasteiger charge is -2.12. The minimum atomic E-state index is 0.587. The third-order valence-electron chi connectivity index (χ3n) is 3.94. The van der Waals surface area contributed by atoms with Crippen molar-refractivity contribution in [2.24, 2.45) is 0 Å². The Hall–Kier alpha value is -3.68. The molecule has 0 amide bonds. The van der Waals surface area contributed by atoms with Crippen LogP contribution in [0.2, 0.25) is 0 Å². The third kappa shape index (κ3) is 3.00. The molecule has 2 aromatic carbocycles. The number of rotatable bonds is 5. The molecule has 130 valence electrons. The molecule has 0 unspecified atom stereocenters. The molecule has 8 nitrogen and oxygen atoms in total. The zero-order valence-electron chi connectivity index (χ0n) is 14.2. The fourth-order valence-corrected chi connectivity index (χ4v) is 2.65. The van der Waals surface area contributed by atoms with Gasteiger partial charge in [0.2, 0.25) is 0 Å². The van der Waals surface area contributed by atoms with Gasteiger partial charge in [0.25, 0.3) is 0 Å². The fraction of sp³-hybridized carbons (Fsp3) is 0.111. The van der Waals surface area contributed by atoms with Crippen molar-refractivity contribution in [1.82, 2.24) is 25.3 Å². The van der Waals surface area contributed by atoms with E-state index in [4.69, 9.17) is 9.47 Å². The highest BCUT2D eigenvalue weighted by atomic mass is 16.5. The van der Waals surface area contributed by atoms with Gasteiger partial charge in [-0.05, 0) is 58.5 Å². The number of anilines is 2. The largest absolute Gasteiger partial charge is 0.497 e. The molecule has 0 saturated carbocycles. The lowest BCUT2D eigenvalue weighted by atomic mass is 10.0. The average molecular weight is 348 g/mol. The maximum Gasteiger partial charge on any atom is 0.200 e. The molecule has 0 fully saturated rings. The van der Waals surface area contributed by atoms with Crippen LogP contribution in [0.3, 0.4) is 0 Å². The van der Waals surface area contributed by atoms with Crippen LogP contribution < -0.4 is 14.8 Å². The van der Waals surface area contributed by atoms with E-state index in [0.717, 1.165) is 28.3 Å². The van der Waals surface area contributed by atoms with E-state index >= 15 is 0 Å². The van der Waals surface area contributed by atoms with Gasteiger partial charge in [-0.25, -0.2) is 0 Å². The summed E-state index contributed by atoms with van der Waals surface area (Å²) in [5.74, 6) is 2.22. The Morgan fingerprint density at radius 3 is 2.54 bits per heavy atom. The molecule has 2 heterocycles. The molecule has 0 saturated heterocycles. The first-order valence-corrected chi connectivity index (χ1v) is 7.92. The molecule has 0 aliphatic heterocycles. The first kappa shape index (κ1) is 15.8. The van der Waals surface area contributed by atoms with Gasteiger partial charge < -0.3 is 14.8 Å². The Morgan fingerprint density at radius 1 is 0.923 bits per heavy atom. The highest BCUT2D eigenvalue weighted by molar-refractivity contribution is 5.76. The summed E-state index contributed by atoms with van der Waals surface area (Å²) in [5.41, 5.74) is 3.44. The second-order valence-electron chi connectivity index (χ2n) is 5.51. The Morgan fingerprint density at radius 2 is 1.77 bits per heavy atom. The van der Waals surface area contributed by atoms with Gasteiger partial charge in [0.05, 0.1) is 14.2 Å². The van der Waals surface area contributed by atoms with Gasteiger partial charge >= 0.3 is 0 Å². The summed E-state index contributed by atoms with van der Waals surface area (Å²) in [6.07, 6.45) is 0. The van der Waals surface area contributed by atoms with E-state index in [1.54, 1.807) is 20.3 Å². The minimum absolute atomic E-state index is 0.587. The number of nitrogens with zero attached hydrogens (tertiary/aromatic N) is 5. The van der Waals surface area contributed by atoms with Gasteiger partial charge in [-0.1, -0.05) is 12.1 Å². The SMILES string of the molecule is COc1ccc(-c2cc(Nc3ccc4nnnn4n3)ccc2OC)cc1. The van der Waals surface area contributed by atoms with Crippen molar-refractivity contribution in [2.75, 3.05) is 19.5 Å². The molecule has 0 atom stereocenters. The third-order valence-corrected chi connectivity index (χ3v) is 3.94. The maximum atomic E-state index is 5.50. The first-order valence-electron chi connectivity index (χ1n) is 7.92. The number of hydrogen-bond donors (Lipinski definition) is 1. The van der Waals surface area contributed by atoms with Crippen LogP contribution in [-0.2, 0) is 0 Å². The molecule has 4 aromatic rings. The van der Waals surface area contributed by atoms with Crippen molar-refractivity contribution in [3.63, 3.8) is 0 Å². The second kappa shape index (κ2) is 6.67. The predicted molar refractivity (Wildman–Crippen MR) is 96.8 cm³/mol. The molecule has 26 heavy (non-hydrogen) atoms. The molecule has 0 aliphatic rings. The lowest BCUT2D eigenvalue weighted by Crippen LogP contribution is -2.00. The maximum absolute atomic E-state index is 5.50. The predicted octanol–water partition coefficient (Wildman–Crippen LogP) is 2.95. The van der Waals surface area contributed by atoms with Crippen LogP contribution in [-0.4, -0.2) is 39.5 Å². The van der Waals surface area contributed by atoms with E-state index in [9.17, 15) is 0 Å². The molecule has 1 N–H and O–H groups in total. The summed E-state index contributed by atoms with van der Waals surface area (Å²) in [7, 11) is 3.30. The van der Waals surface area contributed by atoms with Crippen molar-refractivity contribution < 1.29 is 9.47 Å². The monoisotopic (exact) mass is 348 g/mol. The highest BCUT2D eigenvalue weighted by Gasteiger charge is 2.09. The van der Waals surface area contributed by atoms with Crippen LogP contribution in [0, 0.1) is 0 Å². The summed E-state index contributed by atoms with van der Waals surface area (Å²) in [6, 6.07) is 17.3. The Balaban J connectivity index is 1.68. The molecule has 0 spiro atoms.